The van der Waals surface area contributed by atoms with Crippen molar-refractivity contribution in [2.45, 2.75) is 18.9 Å². The minimum atomic E-state index is -0.436. The van der Waals surface area contributed by atoms with E-state index in [1.54, 1.807) is 0 Å². The Hall–Kier alpha value is -0.230. The van der Waals surface area contributed by atoms with Crippen molar-refractivity contribution in [1.82, 2.24) is 5.32 Å². The Morgan fingerprint density at radius 3 is 2.43 bits per heavy atom. The van der Waals surface area contributed by atoms with Gasteiger partial charge in [0, 0.05) is 15.2 Å². The fourth-order valence-corrected chi connectivity index (χ4v) is 2.36. The monoisotopic (exact) mass is 309 g/mol. The molecule has 1 aromatic carbocycles. The Kier molecular flexibility index (Phi) is 3.02. The second-order valence-corrected chi connectivity index (χ2v) is 4.68. The van der Waals surface area contributed by atoms with Crippen molar-refractivity contribution in [3.63, 3.8) is 0 Å². The van der Waals surface area contributed by atoms with Crippen molar-refractivity contribution in [1.29, 1.82) is 0 Å². The summed E-state index contributed by atoms with van der Waals surface area (Å²) in [5.41, 5.74) is 0.197. The molecule has 0 radical (unpaired) electrons. The fraction of sp³-hybridized carbons (Fsp3) is 0.400. The maximum Gasteiger partial charge on any atom is 0.131 e. The summed E-state index contributed by atoms with van der Waals surface area (Å²) in [6, 6.07) is 2.60. The molecular weight excluding hydrogens is 299 g/mol. The van der Waals surface area contributed by atoms with Crippen LogP contribution in [0.25, 0.3) is 0 Å². The first-order valence-corrected chi connectivity index (χ1v) is 5.64. The van der Waals surface area contributed by atoms with Crippen LogP contribution in [0.15, 0.2) is 12.1 Å². The molecule has 1 fully saturated rings. The Bertz CT molecular complexity index is 325. The average molecular weight is 309 g/mol. The Balaban J connectivity index is 2.40. The fourth-order valence-electron chi connectivity index (χ4n) is 1.82. The predicted octanol–water partition coefficient (Wildman–Crippen LogP) is 2.99. The third kappa shape index (κ3) is 1.91. The van der Waals surface area contributed by atoms with Crippen LogP contribution < -0.4 is 5.32 Å². The highest BCUT2D eigenvalue weighted by Crippen LogP contribution is 2.28. The molecule has 1 aliphatic heterocycles. The smallest absolute Gasteiger partial charge is 0.131 e. The van der Waals surface area contributed by atoms with Gasteiger partial charge in [0.1, 0.15) is 11.6 Å². The number of hydrogen-bond donors (Lipinski definition) is 1. The van der Waals surface area contributed by atoms with Gasteiger partial charge in [0.2, 0.25) is 0 Å². The maximum absolute atomic E-state index is 13.5. The van der Waals surface area contributed by atoms with E-state index in [-0.39, 0.29) is 11.6 Å². The third-order valence-corrected chi connectivity index (χ3v) is 3.08. The molecule has 0 aliphatic carbocycles. The topological polar surface area (TPSA) is 12.0 Å². The molecule has 2 rings (SSSR count). The van der Waals surface area contributed by atoms with E-state index in [1.807, 2.05) is 22.6 Å². The largest absolute Gasteiger partial charge is 0.310 e. The van der Waals surface area contributed by atoms with Crippen molar-refractivity contribution in [3.8, 4) is 0 Å². The van der Waals surface area contributed by atoms with Gasteiger partial charge in [-0.05, 0) is 54.1 Å². The molecule has 1 N–H and O–H groups in total. The zero-order valence-electron chi connectivity index (χ0n) is 7.49. The van der Waals surface area contributed by atoms with E-state index in [2.05, 4.69) is 5.32 Å². The first-order valence-electron chi connectivity index (χ1n) is 4.56. The second-order valence-electron chi connectivity index (χ2n) is 3.43. The number of halogens is 3. The standard InChI is InChI=1S/C10H10F2IN/c11-7-4-6(13)5-8(12)10(7)9-2-1-3-14-9/h4-5,9,14H,1-3H2. The van der Waals surface area contributed by atoms with Gasteiger partial charge in [-0.2, -0.15) is 0 Å². The summed E-state index contributed by atoms with van der Waals surface area (Å²) in [5, 5.41) is 3.09. The molecule has 1 atom stereocenters. The summed E-state index contributed by atoms with van der Waals surface area (Å²) in [5.74, 6) is -0.873. The highest BCUT2D eigenvalue weighted by molar-refractivity contribution is 14.1. The highest BCUT2D eigenvalue weighted by Gasteiger charge is 2.23. The van der Waals surface area contributed by atoms with Crippen LogP contribution in [0.3, 0.4) is 0 Å². The number of nitrogens with one attached hydrogen (secondary N) is 1. The summed E-state index contributed by atoms with van der Waals surface area (Å²) < 4.78 is 27.6. The maximum atomic E-state index is 13.5. The lowest BCUT2D eigenvalue weighted by molar-refractivity contribution is 0.506. The average Bonchev–Trinajstić information content (AvgIpc) is 2.54. The van der Waals surface area contributed by atoms with Crippen LogP contribution in [0.2, 0.25) is 0 Å². The van der Waals surface area contributed by atoms with Gasteiger partial charge in [-0.3, -0.25) is 0 Å². The molecule has 1 nitrogen and oxygen atoms in total. The van der Waals surface area contributed by atoms with Crippen LogP contribution in [0, 0.1) is 15.2 Å². The van der Waals surface area contributed by atoms with E-state index in [0.717, 1.165) is 19.4 Å². The number of benzene rings is 1. The van der Waals surface area contributed by atoms with Crippen LogP contribution >= 0.6 is 22.6 Å². The van der Waals surface area contributed by atoms with E-state index < -0.39 is 11.6 Å². The molecular formula is C10H10F2IN. The molecule has 4 heteroatoms. The lowest BCUT2D eigenvalue weighted by Gasteiger charge is -2.12. The number of rotatable bonds is 1. The van der Waals surface area contributed by atoms with Crippen molar-refractivity contribution in [3.05, 3.63) is 32.9 Å². The van der Waals surface area contributed by atoms with Crippen LogP contribution in [0.1, 0.15) is 24.4 Å². The molecule has 14 heavy (non-hydrogen) atoms. The third-order valence-electron chi connectivity index (χ3n) is 2.45. The van der Waals surface area contributed by atoms with Crippen molar-refractivity contribution >= 4 is 22.6 Å². The Labute approximate surface area is 95.0 Å². The molecule has 1 saturated heterocycles. The van der Waals surface area contributed by atoms with Gasteiger partial charge in [-0.25, -0.2) is 8.78 Å². The van der Waals surface area contributed by atoms with Gasteiger partial charge in [-0.15, -0.1) is 0 Å². The molecule has 0 bridgehead atoms. The van der Waals surface area contributed by atoms with Gasteiger partial charge in [0.25, 0.3) is 0 Å². The van der Waals surface area contributed by atoms with E-state index in [9.17, 15) is 8.78 Å². The van der Waals surface area contributed by atoms with E-state index >= 15 is 0 Å². The first kappa shape index (κ1) is 10.3. The minimum Gasteiger partial charge on any atom is -0.310 e. The molecule has 0 spiro atoms. The lowest BCUT2D eigenvalue weighted by Crippen LogP contribution is -2.16. The summed E-state index contributed by atoms with van der Waals surface area (Å²) in [4.78, 5) is 0. The first-order chi connectivity index (χ1) is 6.68. The van der Waals surface area contributed by atoms with Gasteiger partial charge >= 0.3 is 0 Å². The van der Waals surface area contributed by atoms with Crippen molar-refractivity contribution in [2.75, 3.05) is 6.54 Å². The predicted molar refractivity (Wildman–Crippen MR) is 59.1 cm³/mol. The SMILES string of the molecule is Fc1cc(I)cc(F)c1C1CCCN1. The van der Waals surface area contributed by atoms with Gasteiger partial charge in [-0.1, -0.05) is 0 Å². The molecule has 1 aliphatic rings. The molecule has 1 aromatic rings. The van der Waals surface area contributed by atoms with E-state index in [1.165, 1.54) is 12.1 Å². The van der Waals surface area contributed by atoms with Gasteiger partial charge < -0.3 is 5.32 Å². The summed E-state index contributed by atoms with van der Waals surface area (Å²) in [7, 11) is 0. The van der Waals surface area contributed by atoms with Crippen molar-refractivity contribution in [2.24, 2.45) is 0 Å². The molecule has 1 heterocycles. The Morgan fingerprint density at radius 1 is 1.29 bits per heavy atom. The van der Waals surface area contributed by atoms with Gasteiger partial charge in [0.15, 0.2) is 0 Å². The second kappa shape index (κ2) is 4.10. The zero-order chi connectivity index (χ0) is 10.1. The van der Waals surface area contributed by atoms with E-state index in [4.69, 9.17) is 0 Å². The summed E-state index contributed by atoms with van der Waals surface area (Å²) >= 11 is 1.91. The highest BCUT2D eigenvalue weighted by atomic mass is 127. The molecule has 0 saturated carbocycles. The minimum absolute atomic E-state index is 0.146. The quantitative estimate of drug-likeness (QED) is 0.787. The lowest BCUT2D eigenvalue weighted by atomic mass is 10.0. The van der Waals surface area contributed by atoms with Crippen molar-refractivity contribution < 1.29 is 8.78 Å². The number of hydrogen-bond acceptors (Lipinski definition) is 1. The van der Waals surface area contributed by atoms with Crippen LogP contribution in [-0.2, 0) is 0 Å². The molecule has 1 unspecified atom stereocenters. The van der Waals surface area contributed by atoms with Gasteiger partial charge in [0.05, 0.1) is 0 Å². The molecule has 0 aromatic heterocycles. The van der Waals surface area contributed by atoms with Crippen LogP contribution in [0.5, 0.6) is 0 Å². The molecule has 76 valence electrons. The molecule has 0 amide bonds. The zero-order valence-corrected chi connectivity index (χ0v) is 9.64. The summed E-state index contributed by atoms with van der Waals surface area (Å²) in [6.45, 7) is 0.843. The Morgan fingerprint density at radius 2 is 1.93 bits per heavy atom. The normalized spacial score (nSPS) is 21.5. The van der Waals surface area contributed by atoms with E-state index in [0.29, 0.717) is 3.57 Å². The summed E-state index contributed by atoms with van der Waals surface area (Å²) in [6.07, 6.45) is 1.80. The van der Waals surface area contributed by atoms with Crippen LogP contribution in [0.4, 0.5) is 8.78 Å². The van der Waals surface area contributed by atoms with Crippen LogP contribution in [-0.4, -0.2) is 6.54 Å².